The molecule has 1 aromatic rings. The van der Waals surface area contributed by atoms with Gasteiger partial charge in [0.2, 0.25) is 0 Å². The van der Waals surface area contributed by atoms with E-state index in [-0.39, 0.29) is 0 Å². The summed E-state index contributed by atoms with van der Waals surface area (Å²) in [7, 11) is 1.94. The molecule has 0 aliphatic carbocycles. The van der Waals surface area contributed by atoms with E-state index in [1.807, 2.05) is 20.2 Å². The summed E-state index contributed by atoms with van der Waals surface area (Å²) in [6.45, 7) is 6.11. The number of nitrogens with one attached hydrogen (secondary N) is 2. The molecule has 0 saturated heterocycles. The van der Waals surface area contributed by atoms with Gasteiger partial charge in [0.1, 0.15) is 0 Å². The lowest BCUT2D eigenvalue weighted by atomic mass is 10.2. The molecule has 2 N–H and O–H groups in total. The van der Waals surface area contributed by atoms with Crippen LogP contribution in [0.3, 0.4) is 0 Å². The van der Waals surface area contributed by atoms with Gasteiger partial charge < -0.3 is 10.6 Å². The molecule has 0 saturated carbocycles. The van der Waals surface area contributed by atoms with Crippen LogP contribution in [-0.2, 0) is 6.54 Å². The maximum atomic E-state index is 4.29. The smallest absolute Gasteiger partial charge is 0.0416 e. The van der Waals surface area contributed by atoms with Gasteiger partial charge in [-0.3, -0.25) is 4.98 Å². The van der Waals surface area contributed by atoms with Crippen molar-refractivity contribution in [2.24, 2.45) is 0 Å². The SMILES string of the molecule is CCCNCc1cnc(C)cc1NC. The van der Waals surface area contributed by atoms with Crippen LogP contribution in [0, 0.1) is 6.92 Å². The minimum atomic E-state index is 0.886. The summed E-state index contributed by atoms with van der Waals surface area (Å²) in [4.78, 5) is 4.29. The Bertz CT molecular complexity index is 284. The number of anilines is 1. The first kappa shape index (κ1) is 11.0. The standard InChI is InChI=1S/C11H19N3/c1-4-5-13-7-10-8-14-9(2)6-11(10)12-3/h6,8,13H,4-5,7H2,1-3H3,(H,12,14). The van der Waals surface area contributed by atoms with Crippen LogP contribution in [0.4, 0.5) is 5.69 Å². The molecule has 0 radical (unpaired) electrons. The van der Waals surface area contributed by atoms with Crippen LogP contribution in [0.15, 0.2) is 12.3 Å². The Kier molecular flexibility index (Phi) is 4.40. The summed E-state index contributed by atoms with van der Waals surface area (Å²) in [5, 5.41) is 6.55. The lowest BCUT2D eigenvalue weighted by Crippen LogP contribution is -2.15. The molecule has 14 heavy (non-hydrogen) atoms. The van der Waals surface area contributed by atoms with Crippen molar-refractivity contribution in [2.45, 2.75) is 26.8 Å². The Balaban J connectivity index is 2.65. The van der Waals surface area contributed by atoms with Crippen LogP contribution in [0.2, 0.25) is 0 Å². The van der Waals surface area contributed by atoms with Crippen molar-refractivity contribution in [1.82, 2.24) is 10.3 Å². The molecule has 0 spiro atoms. The van der Waals surface area contributed by atoms with E-state index in [0.29, 0.717) is 0 Å². The summed E-state index contributed by atoms with van der Waals surface area (Å²) in [5.41, 5.74) is 3.45. The lowest BCUT2D eigenvalue weighted by molar-refractivity contribution is 0.674. The van der Waals surface area contributed by atoms with Gasteiger partial charge in [0.25, 0.3) is 0 Å². The molecule has 3 heteroatoms. The van der Waals surface area contributed by atoms with Crippen LogP contribution >= 0.6 is 0 Å². The Labute approximate surface area is 85.9 Å². The van der Waals surface area contributed by atoms with Crippen LogP contribution in [0.5, 0.6) is 0 Å². The zero-order chi connectivity index (χ0) is 10.4. The summed E-state index contributed by atoms with van der Waals surface area (Å²) < 4.78 is 0. The monoisotopic (exact) mass is 193 g/mol. The average Bonchev–Trinajstić information content (AvgIpc) is 2.20. The minimum absolute atomic E-state index is 0.886. The highest BCUT2D eigenvalue weighted by Crippen LogP contribution is 2.14. The first-order chi connectivity index (χ1) is 6.77. The van der Waals surface area contributed by atoms with Gasteiger partial charge in [-0.2, -0.15) is 0 Å². The van der Waals surface area contributed by atoms with E-state index in [2.05, 4.69) is 28.6 Å². The third kappa shape index (κ3) is 3.00. The second-order valence-corrected chi connectivity index (χ2v) is 3.41. The topological polar surface area (TPSA) is 37.0 Å². The second-order valence-electron chi connectivity index (χ2n) is 3.41. The summed E-state index contributed by atoms with van der Waals surface area (Å²) in [6, 6.07) is 2.07. The van der Waals surface area contributed by atoms with Crippen molar-refractivity contribution in [2.75, 3.05) is 18.9 Å². The van der Waals surface area contributed by atoms with E-state index in [4.69, 9.17) is 0 Å². The molecule has 0 amide bonds. The normalized spacial score (nSPS) is 10.2. The third-order valence-corrected chi connectivity index (χ3v) is 2.13. The third-order valence-electron chi connectivity index (χ3n) is 2.13. The first-order valence-corrected chi connectivity index (χ1v) is 5.12. The van der Waals surface area contributed by atoms with Gasteiger partial charge in [-0.1, -0.05) is 6.92 Å². The molecule has 0 bridgehead atoms. The number of aryl methyl sites for hydroxylation is 1. The Morgan fingerprint density at radius 1 is 1.43 bits per heavy atom. The molecule has 1 heterocycles. The number of nitrogens with zero attached hydrogens (tertiary/aromatic N) is 1. The van der Waals surface area contributed by atoms with Crippen LogP contribution in [0.25, 0.3) is 0 Å². The maximum absolute atomic E-state index is 4.29. The molecule has 0 fully saturated rings. The number of rotatable bonds is 5. The fourth-order valence-corrected chi connectivity index (χ4v) is 1.36. The van der Waals surface area contributed by atoms with Crippen LogP contribution < -0.4 is 10.6 Å². The fourth-order valence-electron chi connectivity index (χ4n) is 1.36. The molecule has 78 valence electrons. The number of hydrogen-bond acceptors (Lipinski definition) is 3. The highest BCUT2D eigenvalue weighted by atomic mass is 14.9. The Hall–Kier alpha value is -1.09. The van der Waals surface area contributed by atoms with Gasteiger partial charge in [0.05, 0.1) is 0 Å². The molecule has 1 aromatic heterocycles. The number of pyridine rings is 1. The Morgan fingerprint density at radius 2 is 2.21 bits per heavy atom. The van der Waals surface area contributed by atoms with E-state index in [1.54, 1.807) is 0 Å². The number of hydrogen-bond donors (Lipinski definition) is 2. The van der Waals surface area contributed by atoms with Crippen LogP contribution in [0.1, 0.15) is 24.6 Å². The first-order valence-electron chi connectivity index (χ1n) is 5.12. The van der Waals surface area contributed by atoms with E-state index in [1.165, 1.54) is 11.3 Å². The zero-order valence-electron chi connectivity index (χ0n) is 9.22. The molecular formula is C11H19N3. The average molecular weight is 193 g/mol. The van der Waals surface area contributed by atoms with Crippen molar-refractivity contribution in [3.63, 3.8) is 0 Å². The van der Waals surface area contributed by atoms with Crippen molar-refractivity contribution in [1.29, 1.82) is 0 Å². The predicted octanol–water partition coefficient (Wildman–Crippen LogP) is 1.93. The van der Waals surface area contributed by atoms with Gasteiger partial charge in [-0.15, -0.1) is 0 Å². The summed E-state index contributed by atoms with van der Waals surface area (Å²) in [6.07, 6.45) is 3.10. The molecule has 0 aliphatic heterocycles. The largest absolute Gasteiger partial charge is 0.388 e. The molecule has 0 aromatic carbocycles. The highest BCUT2D eigenvalue weighted by Gasteiger charge is 2.00. The minimum Gasteiger partial charge on any atom is -0.388 e. The predicted molar refractivity (Wildman–Crippen MR) is 60.5 cm³/mol. The van der Waals surface area contributed by atoms with Crippen molar-refractivity contribution < 1.29 is 0 Å². The highest BCUT2D eigenvalue weighted by molar-refractivity contribution is 5.50. The van der Waals surface area contributed by atoms with Crippen molar-refractivity contribution in [3.05, 3.63) is 23.5 Å². The quantitative estimate of drug-likeness (QED) is 0.702. The lowest BCUT2D eigenvalue weighted by Gasteiger charge is -2.09. The molecular weight excluding hydrogens is 174 g/mol. The van der Waals surface area contributed by atoms with E-state index < -0.39 is 0 Å². The Morgan fingerprint density at radius 3 is 2.86 bits per heavy atom. The second kappa shape index (κ2) is 5.60. The van der Waals surface area contributed by atoms with Gasteiger partial charge >= 0.3 is 0 Å². The van der Waals surface area contributed by atoms with Gasteiger partial charge in [-0.25, -0.2) is 0 Å². The van der Waals surface area contributed by atoms with Crippen LogP contribution in [-0.4, -0.2) is 18.6 Å². The fraction of sp³-hybridized carbons (Fsp3) is 0.545. The van der Waals surface area contributed by atoms with E-state index >= 15 is 0 Å². The van der Waals surface area contributed by atoms with Crippen molar-refractivity contribution >= 4 is 5.69 Å². The van der Waals surface area contributed by atoms with Gasteiger partial charge in [-0.05, 0) is 26.0 Å². The zero-order valence-corrected chi connectivity index (χ0v) is 9.22. The number of aromatic nitrogens is 1. The summed E-state index contributed by atoms with van der Waals surface area (Å²) in [5.74, 6) is 0. The summed E-state index contributed by atoms with van der Waals surface area (Å²) >= 11 is 0. The van der Waals surface area contributed by atoms with Gasteiger partial charge in [0, 0.05) is 36.7 Å². The molecule has 0 unspecified atom stereocenters. The molecule has 3 nitrogen and oxygen atoms in total. The molecule has 1 rings (SSSR count). The molecule has 0 aliphatic rings. The van der Waals surface area contributed by atoms with Crippen molar-refractivity contribution in [3.8, 4) is 0 Å². The maximum Gasteiger partial charge on any atom is 0.0416 e. The van der Waals surface area contributed by atoms with E-state index in [0.717, 1.165) is 25.2 Å². The molecule has 0 atom stereocenters. The van der Waals surface area contributed by atoms with Gasteiger partial charge in [0.15, 0.2) is 0 Å². The van der Waals surface area contributed by atoms with E-state index in [9.17, 15) is 0 Å².